The minimum atomic E-state index is -0.386. The van der Waals surface area contributed by atoms with Gasteiger partial charge in [-0.2, -0.15) is 9.36 Å². The van der Waals surface area contributed by atoms with E-state index in [1.165, 1.54) is 11.7 Å². The predicted molar refractivity (Wildman–Crippen MR) is 101 cm³/mol. The van der Waals surface area contributed by atoms with Crippen LogP contribution in [0.1, 0.15) is 18.1 Å². The standard InChI is InChI=1S/C18H16ClN5O4/c1-11(12-6-7-16-17(8-12)27-10-26-16)20-28-9-13-14(19)4-3-5-15(13)24-18(25)23(2)21-22-24/h3-8H,9-10H2,1-2H3. The van der Waals surface area contributed by atoms with Crippen LogP contribution < -0.4 is 15.2 Å². The molecule has 2 aromatic carbocycles. The highest BCUT2D eigenvalue weighted by atomic mass is 35.5. The van der Waals surface area contributed by atoms with Crippen molar-refractivity contribution in [3.05, 3.63) is 63.0 Å². The molecule has 10 heteroatoms. The molecule has 0 saturated carbocycles. The average molecular weight is 402 g/mol. The normalized spacial score (nSPS) is 13.0. The lowest BCUT2D eigenvalue weighted by atomic mass is 10.1. The van der Waals surface area contributed by atoms with Crippen LogP contribution in [0.3, 0.4) is 0 Å². The topological polar surface area (TPSA) is 92.8 Å². The number of aromatic nitrogens is 4. The van der Waals surface area contributed by atoms with Gasteiger partial charge in [0.05, 0.1) is 11.4 Å². The summed E-state index contributed by atoms with van der Waals surface area (Å²) in [5.74, 6) is 1.37. The maximum absolute atomic E-state index is 12.2. The van der Waals surface area contributed by atoms with E-state index < -0.39 is 0 Å². The van der Waals surface area contributed by atoms with E-state index in [2.05, 4.69) is 15.6 Å². The van der Waals surface area contributed by atoms with Gasteiger partial charge in [-0.15, -0.1) is 0 Å². The van der Waals surface area contributed by atoms with Crippen LogP contribution in [0.2, 0.25) is 5.02 Å². The summed E-state index contributed by atoms with van der Waals surface area (Å²) in [5.41, 5.74) is 2.18. The van der Waals surface area contributed by atoms with Crippen LogP contribution in [0.5, 0.6) is 11.5 Å². The van der Waals surface area contributed by atoms with Gasteiger partial charge in [-0.1, -0.05) is 22.8 Å². The molecule has 144 valence electrons. The molecular weight excluding hydrogens is 386 g/mol. The van der Waals surface area contributed by atoms with Crippen LogP contribution in [0.4, 0.5) is 0 Å². The number of aryl methyl sites for hydroxylation is 1. The largest absolute Gasteiger partial charge is 0.454 e. The van der Waals surface area contributed by atoms with Gasteiger partial charge in [0.2, 0.25) is 6.79 Å². The number of halogens is 1. The Bertz CT molecular complexity index is 1120. The van der Waals surface area contributed by atoms with Crippen molar-refractivity contribution < 1.29 is 14.3 Å². The number of nitrogens with zero attached hydrogens (tertiary/aromatic N) is 5. The first kappa shape index (κ1) is 18.1. The SMILES string of the molecule is CC(=NOCc1c(Cl)cccc1-n1nnn(C)c1=O)c1ccc2c(c1)OCO2. The molecule has 0 amide bonds. The van der Waals surface area contributed by atoms with Crippen molar-refractivity contribution in [2.75, 3.05) is 6.79 Å². The number of hydrogen-bond acceptors (Lipinski definition) is 7. The Morgan fingerprint density at radius 2 is 2.07 bits per heavy atom. The highest BCUT2D eigenvalue weighted by Gasteiger charge is 2.16. The van der Waals surface area contributed by atoms with E-state index in [1.54, 1.807) is 18.2 Å². The molecule has 0 fully saturated rings. The number of benzene rings is 2. The maximum Gasteiger partial charge on any atom is 0.368 e. The Kier molecular flexibility index (Phi) is 4.74. The van der Waals surface area contributed by atoms with Gasteiger partial charge in [-0.3, -0.25) is 0 Å². The minimum absolute atomic E-state index is 0.0555. The number of oxime groups is 1. The van der Waals surface area contributed by atoms with Crippen molar-refractivity contribution >= 4 is 17.3 Å². The first-order valence-corrected chi connectivity index (χ1v) is 8.76. The van der Waals surface area contributed by atoms with Crippen LogP contribution >= 0.6 is 11.6 Å². The molecule has 0 bridgehead atoms. The van der Waals surface area contributed by atoms with E-state index in [9.17, 15) is 4.79 Å². The molecule has 4 rings (SSSR count). The molecule has 1 aromatic heterocycles. The molecule has 0 radical (unpaired) electrons. The summed E-state index contributed by atoms with van der Waals surface area (Å²) < 4.78 is 13.0. The van der Waals surface area contributed by atoms with Crippen LogP contribution in [-0.2, 0) is 18.5 Å². The molecule has 0 atom stereocenters. The zero-order chi connectivity index (χ0) is 19.7. The molecule has 0 unspecified atom stereocenters. The summed E-state index contributed by atoms with van der Waals surface area (Å²) in [6.45, 7) is 2.08. The second kappa shape index (κ2) is 7.35. The zero-order valence-corrected chi connectivity index (χ0v) is 15.9. The molecule has 9 nitrogen and oxygen atoms in total. The highest BCUT2D eigenvalue weighted by molar-refractivity contribution is 6.31. The zero-order valence-electron chi connectivity index (χ0n) is 15.1. The fraction of sp³-hybridized carbons (Fsp3) is 0.222. The van der Waals surface area contributed by atoms with Crippen LogP contribution in [-0.4, -0.2) is 32.3 Å². The second-order valence-corrected chi connectivity index (χ2v) is 6.46. The molecule has 0 saturated heterocycles. The van der Waals surface area contributed by atoms with Crippen molar-refractivity contribution in [3.8, 4) is 17.2 Å². The third-order valence-electron chi connectivity index (χ3n) is 4.24. The lowest BCUT2D eigenvalue weighted by Gasteiger charge is -2.09. The van der Waals surface area contributed by atoms with Gasteiger partial charge in [0.1, 0.15) is 6.61 Å². The van der Waals surface area contributed by atoms with Gasteiger partial charge in [0.15, 0.2) is 11.5 Å². The third-order valence-corrected chi connectivity index (χ3v) is 4.60. The summed E-state index contributed by atoms with van der Waals surface area (Å²) in [7, 11) is 1.52. The quantitative estimate of drug-likeness (QED) is 0.481. The second-order valence-electron chi connectivity index (χ2n) is 6.05. The number of fused-ring (bicyclic) bond motifs is 1. The highest BCUT2D eigenvalue weighted by Crippen LogP contribution is 2.32. The Balaban J connectivity index is 1.56. The Morgan fingerprint density at radius 3 is 2.86 bits per heavy atom. The summed E-state index contributed by atoms with van der Waals surface area (Å²) >= 11 is 6.31. The van der Waals surface area contributed by atoms with Gasteiger partial charge in [0.25, 0.3) is 0 Å². The van der Waals surface area contributed by atoms with Crippen molar-refractivity contribution in [2.45, 2.75) is 13.5 Å². The number of tetrazole rings is 1. The summed E-state index contributed by atoms with van der Waals surface area (Å²) in [5, 5.41) is 12.2. The van der Waals surface area contributed by atoms with Crippen LogP contribution in [0.25, 0.3) is 5.69 Å². The van der Waals surface area contributed by atoms with Crippen molar-refractivity contribution in [3.63, 3.8) is 0 Å². The van der Waals surface area contributed by atoms with E-state index >= 15 is 0 Å². The van der Waals surface area contributed by atoms with Crippen LogP contribution in [0, 0.1) is 0 Å². The fourth-order valence-corrected chi connectivity index (χ4v) is 2.95. The molecule has 0 spiro atoms. The van der Waals surface area contributed by atoms with E-state index in [1.807, 2.05) is 25.1 Å². The number of ether oxygens (including phenoxy) is 2. The first-order chi connectivity index (χ1) is 13.5. The predicted octanol–water partition coefficient (Wildman–Crippen LogP) is 2.29. The van der Waals surface area contributed by atoms with E-state index in [0.29, 0.717) is 33.5 Å². The molecule has 1 aliphatic heterocycles. The lowest BCUT2D eigenvalue weighted by Crippen LogP contribution is -2.23. The van der Waals surface area contributed by atoms with E-state index in [-0.39, 0.29) is 19.1 Å². The number of rotatable bonds is 5. The van der Waals surface area contributed by atoms with Gasteiger partial charge in [-0.05, 0) is 47.7 Å². The minimum Gasteiger partial charge on any atom is -0.454 e. The molecule has 1 aliphatic rings. The molecule has 0 N–H and O–H groups in total. The van der Waals surface area contributed by atoms with Gasteiger partial charge in [0, 0.05) is 23.2 Å². The Morgan fingerprint density at radius 1 is 1.25 bits per heavy atom. The molecular formula is C18H16ClN5O4. The summed E-state index contributed by atoms with van der Waals surface area (Å²) in [6.07, 6.45) is 0. The maximum atomic E-state index is 12.2. The monoisotopic (exact) mass is 401 g/mol. The summed E-state index contributed by atoms with van der Waals surface area (Å²) in [6, 6.07) is 10.7. The molecule has 28 heavy (non-hydrogen) atoms. The fourth-order valence-electron chi connectivity index (χ4n) is 2.72. The van der Waals surface area contributed by atoms with Crippen molar-refractivity contribution in [2.24, 2.45) is 12.2 Å². The van der Waals surface area contributed by atoms with Crippen molar-refractivity contribution in [1.82, 2.24) is 19.8 Å². The van der Waals surface area contributed by atoms with Gasteiger partial charge >= 0.3 is 5.69 Å². The Labute approximate surface area is 164 Å². The summed E-state index contributed by atoms with van der Waals surface area (Å²) in [4.78, 5) is 17.7. The van der Waals surface area contributed by atoms with Gasteiger partial charge in [-0.25, -0.2) is 4.79 Å². The van der Waals surface area contributed by atoms with E-state index in [4.69, 9.17) is 25.9 Å². The third kappa shape index (κ3) is 3.31. The lowest BCUT2D eigenvalue weighted by molar-refractivity contribution is 0.130. The first-order valence-electron chi connectivity index (χ1n) is 8.38. The van der Waals surface area contributed by atoms with E-state index in [0.717, 1.165) is 10.2 Å². The van der Waals surface area contributed by atoms with Crippen molar-refractivity contribution in [1.29, 1.82) is 0 Å². The molecule has 0 aliphatic carbocycles. The molecule has 2 heterocycles. The number of hydrogen-bond donors (Lipinski definition) is 0. The van der Waals surface area contributed by atoms with Gasteiger partial charge < -0.3 is 14.3 Å². The average Bonchev–Trinajstić information content (AvgIpc) is 3.29. The smallest absolute Gasteiger partial charge is 0.368 e. The van der Waals surface area contributed by atoms with Crippen LogP contribution in [0.15, 0.2) is 46.3 Å². The molecule has 3 aromatic rings. The Hall–Kier alpha value is -3.33.